The molecule has 0 radical (unpaired) electrons. The van der Waals surface area contributed by atoms with Gasteiger partial charge in [0.25, 0.3) is 0 Å². The second kappa shape index (κ2) is 2.43. The molecule has 0 aromatic rings. The van der Waals surface area contributed by atoms with Gasteiger partial charge in [0.1, 0.15) is 6.17 Å². The van der Waals surface area contributed by atoms with Gasteiger partial charge in [-0.25, -0.2) is 4.99 Å². The van der Waals surface area contributed by atoms with Crippen molar-refractivity contribution in [3.63, 3.8) is 0 Å². The molecule has 1 heterocycles. The molecule has 58 valence electrons. The van der Waals surface area contributed by atoms with E-state index in [1.165, 1.54) is 0 Å². The van der Waals surface area contributed by atoms with Crippen molar-refractivity contribution in [2.24, 2.45) is 28.1 Å². The number of rotatable bonds is 0. The largest absolute Gasteiger partial charge is 0.370 e. The molecule has 0 aliphatic carbocycles. The van der Waals surface area contributed by atoms with Crippen molar-refractivity contribution >= 4 is 5.96 Å². The highest BCUT2D eigenvalue weighted by molar-refractivity contribution is 5.78. The van der Waals surface area contributed by atoms with Gasteiger partial charge in [-0.3, -0.25) is 0 Å². The average molecular weight is 143 g/mol. The summed E-state index contributed by atoms with van der Waals surface area (Å²) in [6.45, 7) is 1.93. The Kier molecular flexibility index (Phi) is 1.78. The molecule has 0 saturated carbocycles. The Labute approximate surface area is 59.7 Å². The van der Waals surface area contributed by atoms with Gasteiger partial charge in [-0.05, 0) is 0 Å². The Hall–Kier alpha value is -0.810. The lowest BCUT2D eigenvalue weighted by molar-refractivity contribution is 0.346. The molecule has 1 aliphatic heterocycles. The third-order valence-corrected chi connectivity index (χ3v) is 1.71. The predicted molar refractivity (Wildman–Crippen MR) is 39.9 cm³/mol. The second-order valence-corrected chi connectivity index (χ2v) is 2.53. The molecule has 0 fully saturated rings. The van der Waals surface area contributed by atoms with Gasteiger partial charge in [-0.1, -0.05) is 6.92 Å². The lowest BCUT2D eigenvalue weighted by Gasteiger charge is -2.29. The third kappa shape index (κ3) is 1.19. The molecule has 5 nitrogen and oxygen atoms in total. The summed E-state index contributed by atoms with van der Waals surface area (Å²) in [5.41, 5.74) is 16.5. The second-order valence-electron chi connectivity index (χ2n) is 2.53. The van der Waals surface area contributed by atoms with E-state index in [0.717, 1.165) is 0 Å². The molecule has 1 aliphatic rings. The molecule has 0 aromatic carbocycles. The molecule has 1 rings (SSSR count). The van der Waals surface area contributed by atoms with Crippen LogP contribution in [-0.4, -0.2) is 18.3 Å². The molecular formula is C5H13N5. The number of hydrogen-bond donors (Lipinski definition) is 4. The predicted octanol–water partition coefficient (Wildman–Crippen LogP) is -1.89. The van der Waals surface area contributed by atoms with E-state index in [1.54, 1.807) is 0 Å². The molecule has 3 unspecified atom stereocenters. The third-order valence-electron chi connectivity index (χ3n) is 1.71. The zero-order valence-electron chi connectivity index (χ0n) is 5.91. The van der Waals surface area contributed by atoms with Crippen molar-refractivity contribution in [1.82, 2.24) is 5.32 Å². The Balaban J connectivity index is 2.69. The first-order chi connectivity index (χ1) is 4.61. The van der Waals surface area contributed by atoms with Crippen molar-refractivity contribution in [2.45, 2.75) is 19.3 Å². The molecule has 0 amide bonds. The maximum Gasteiger partial charge on any atom is 0.191 e. The van der Waals surface area contributed by atoms with Crippen LogP contribution < -0.4 is 22.5 Å². The van der Waals surface area contributed by atoms with E-state index in [1.807, 2.05) is 6.92 Å². The summed E-state index contributed by atoms with van der Waals surface area (Å²) in [5, 5.41) is 2.78. The van der Waals surface area contributed by atoms with E-state index in [-0.39, 0.29) is 18.2 Å². The van der Waals surface area contributed by atoms with Crippen LogP contribution in [0.15, 0.2) is 4.99 Å². The Morgan fingerprint density at radius 2 is 2.10 bits per heavy atom. The standard InChI is InChI=1S/C5H13N5/c1-2-3(6)9-5(8)10-4(2)7/h2-4H,6-7H2,1H3,(H3,8,9,10). The number of nitrogens with two attached hydrogens (primary N) is 3. The first kappa shape index (κ1) is 7.30. The summed E-state index contributed by atoms with van der Waals surface area (Å²) < 4.78 is 0. The highest BCUT2D eigenvalue weighted by Crippen LogP contribution is 2.07. The zero-order chi connectivity index (χ0) is 7.72. The maximum atomic E-state index is 5.61. The summed E-state index contributed by atoms with van der Waals surface area (Å²) in [6, 6.07) is 0. The van der Waals surface area contributed by atoms with Gasteiger partial charge in [-0.2, -0.15) is 0 Å². The van der Waals surface area contributed by atoms with E-state index < -0.39 is 0 Å². The minimum Gasteiger partial charge on any atom is -0.370 e. The zero-order valence-corrected chi connectivity index (χ0v) is 5.91. The summed E-state index contributed by atoms with van der Waals surface area (Å²) >= 11 is 0. The van der Waals surface area contributed by atoms with E-state index in [4.69, 9.17) is 17.2 Å². The van der Waals surface area contributed by atoms with Gasteiger partial charge in [0.2, 0.25) is 0 Å². The van der Waals surface area contributed by atoms with Crippen molar-refractivity contribution in [1.29, 1.82) is 0 Å². The fourth-order valence-corrected chi connectivity index (χ4v) is 0.830. The van der Waals surface area contributed by atoms with Crippen molar-refractivity contribution in [3.05, 3.63) is 0 Å². The summed E-state index contributed by atoms with van der Waals surface area (Å²) in [4.78, 5) is 3.90. The van der Waals surface area contributed by atoms with Crippen LogP contribution in [0.4, 0.5) is 0 Å². The molecule has 7 N–H and O–H groups in total. The van der Waals surface area contributed by atoms with Gasteiger partial charge in [0.15, 0.2) is 5.96 Å². The van der Waals surface area contributed by atoms with Crippen LogP contribution in [0.25, 0.3) is 0 Å². The monoisotopic (exact) mass is 143 g/mol. The van der Waals surface area contributed by atoms with Gasteiger partial charge < -0.3 is 22.5 Å². The molecular weight excluding hydrogens is 130 g/mol. The number of guanidine groups is 1. The van der Waals surface area contributed by atoms with Gasteiger partial charge in [0.05, 0.1) is 6.17 Å². The topological polar surface area (TPSA) is 102 Å². The lowest BCUT2D eigenvalue weighted by Crippen LogP contribution is -2.57. The molecule has 0 aromatic heterocycles. The minimum absolute atomic E-state index is 0.132. The van der Waals surface area contributed by atoms with Crippen molar-refractivity contribution < 1.29 is 0 Å². The van der Waals surface area contributed by atoms with Crippen LogP contribution in [0.5, 0.6) is 0 Å². The molecule has 0 bridgehead atoms. The van der Waals surface area contributed by atoms with E-state index in [0.29, 0.717) is 5.96 Å². The van der Waals surface area contributed by atoms with Gasteiger partial charge in [-0.15, -0.1) is 0 Å². The maximum absolute atomic E-state index is 5.61. The summed E-state index contributed by atoms with van der Waals surface area (Å²) in [6.07, 6.45) is -0.441. The van der Waals surface area contributed by atoms with E-state index >= 15 is 0 Å². The normalized spacial score (nSPS) is 40.3. The van der Waals surface area contributed by atoms with Crippen molar-refractivity contribution in [2.75, 3.05) is 0 Å². The van der Waals surface area contributed by atoms with Crippen LogP contribution in [-0.2, 0) is 0 Å². The van der Waals surface area contributed by atoms with Crippen molar-refractivity contribution in [3.8, 4) is 0 Å². The number of hydrogen-bond acceptors (Lipinski definition) is 5. The van der Waals surface area contributed by atoms with Crippen LogP contribution >= 0.6 is 0 Å². The highest BCUT2D eigenvalue weighted by Gasteiger charge is 2.24. The Morgan fingerprint density at radius 1 is 1.50 bits per heavy atom. The minimum atomic E-state index is -0.267. The van der Waals surface area contributed by atoms with Gasteiger partial charge in [0, 0.05) is 5.92 Å². The fourth-order valence-electron chi connectivity index (χ4n) is 0.830. The summed E-state index contributed by atoms with van der Waals surface area (Å²) in [5.74, 6) is 0.463. The molecule has 10 heavy (non-hydrogen) atoms. The summed E-state index contributed by atoms with van der Waals surface area (Å²) in [7, 11) is 0. The average Bonchev–Trinajstić information content (AvgIpc) is 1.82. The highest BCUT2D eigenvalue weighted by atomic mass is 15.2. The first-order valence-corrected chi connectivity index (χ1v) is 3.22. The van der Waals surface area contributed by atoms with E-state index in [9.17, 15) is 0 Å². The molecule has 0 saturated heterocycles. The van der Waals surface area contributed by atoms with Gasteiger partial charge >= 0.3 is 0 Å². The smallest absolute Gasteiger partial charge is 0.191 e. The number of nitrogens with one attached hydrogen (secondary N) is 1. The SMILES string of the molecule is CC1C(N)N=C(N)NC1N. The first-order valence-electron chi connectivity index (χ1n) is 3.22. The quantitative estimate of drug-likeness (QED) is 0.318. The van der Waals surface area contributed by atoms with Crippen LogP contribution in [0.3, 0.4) is 0 Å². The lowest BCUT2D eigenvalue weighted by atomic mass is 10.1. The molecule has 5 heteroatoms. The van der Waals surface area contributed by atoms with E-state index in [2.05, 4.69) is 10.3 Å². The number of aliphatic imine (C=N–C) groups is 1. The Bertz CT molecular complexity index is 154. The Morgan fingerprint density at radius 3 is 2.60 bits per heavy atom. The molecule has 3 atom stereocenters. The van der Waals surface area contributed by atoms with Crippen LogP contribution in [0.1, 0.15) is 6.92 Å². The number of nitrogens with zero attached hydrogens (tertiary/aromatic N) is 1. The van der Waals surface area contributed by atoms with Crippen LogP contribution in [0, 0.1) is 5.92 Å². The fraction of sp³-hybridized carbons (Fsp3) is 0.800. The molecule has 0 spiro atoms. The van der Waals surface area contributed by atoms with Crippen LogP contribution in [0.2, 0.25) is 0 Å².